The molecule has 0 spiro atoms. The average molecular weight is 391 g/mol. The third-order valence-corrected chi connectivity index (χ3v) is 5.93. The van der Waals surface area contributed by atoms with E-state index in [1.165, 1.54) is 0 Å². The van der Waals surface area contributed by atoms with Crippen molar-refractivity contribution in [3.8, 4) is 0 Å². The highest BCUT2D eigenvalue weighted by atomic mass is 35.5. The number of nitrogens with two attached hydrogens (primary N) is 1. The van der Waals surface area contributed by atoms with Gasteiger partial charge in [-0.1, -0.05) is 24.4 Å². The molecule has 8 heteroatoms. The summed E-state index contributed by atoms with van der Waals surface area (Å²) in [4.78, 5) is 31.2. The van der Waals surface area contributed by atoms with Gasteiger partial charge < -0.3 is 20.4 Å². The predicted octanol–water partition coefficient (Wildman–Crippen LogP) is 2.61. The van der Waals surface area contributed by atoms with E-state index < -0.39 is 11.4 Å². The van der Waals surface area contributed by atoms with Crippen LogP contribution in [-0.2, 0) is 9.59 Å². The van der Waals surface area contributed by atoms with Crippen LogP contribution in [0.15, 0.2) is 22.6 Å². The molecule has 2 aromatic rings. The first-order valence-corrected chi connectivity index (χ1v) is 9.78. The molecule has 1 saturated heterocycles. The van der Waals surface area contributed by atoms with Crippen LogP contribution in [0.25, 0.3) is 11.1 Å². The van der Waals surface area contributed by atoms with E-state index in [1.54, 1.807) is 18.2 Å². The van der Waals surface area contributed by atoms with Crippen molar-refractivity contribution in [2.75, 3.05) is 18.0 Å². The Morgan fingerprint density at radius 1 is 1.30 bits per heavy atom. The number of hydrogen-bond acceptors (Lipinski definition) is 5. The minimum atomic E-state index is -0.881. The van der Waals surface area contributed by atoms with Gasteiger partial charge in [0.15, 0.2) is 5.58 Å². The number of hydrogen-bond donors (Lipinski definition) is 2. The molecule has 1 atom stereocenters. The summed E-state index contributed by atoms with van der Waals surface area (Å²) in [7, 11) is 0. The van der Waals surface area contributed by atoms with E-state index in [2.05, 4.69) is 10.3 Å². The van der Waals surface area contributed by atoms with E-state index in [0.29, 0.717) is 41.5 Å². The zero-order valence-corrected chi connectivity index (χ0v) is 15.8. The van der Waals surface area contributed by atoms with Crippen LogP contribution in [0.2, 0.25) is 5.02 Å². The predicted molar refractivity (Wildman–Crippen MR) is 102 cm³/mol. The normalized spacial score (nSPS) is 22.1. The first-order chi connectivity index (χ1) is 13.0. The third kappa shape index (κ3) is 3.48. The van der Waals surface area contributed by atoms with E-state index in [9.17, 15) is 9.59 Å². The van der Waals surface area contributed by atoms with E-state index in [-0.39, 0.29) is 11.8 Å². The Bertz CT molecular complexity index is 875. The summed E-state index contributed by atoms with van der Waals surface area (Å²) >= 11 is 6.01. The Morgan fingerprint density at radius 3 is 2.81 bits per heavy atom. The van der Waals surface area contributed by atoms with Crippen LogP contribution < -0.4 is 16.0 Å². The summed E-state index contributed by atoms with van der Waals surface area (Å²) < 4.78 is 5.83. The lowest BCUT2D eigenvalue weighted by molar-refractivity contribution is -0.133. The average Bonchev–Trinajstić information content (AvgIpc) is 3.29. The first-order valence-electron chi connectivity index (χ1n) is 9.40. The van der Waals surface area contributed by atoms with Crippen molar-refractivity contribution in [2.45, 2.75) is 44.1 Å². The second kappa shape index (κ2) is 7.03. The highest BCUT2D eigenvalue weighted by Gasteiger charge is 2.42. The summed E-state index contributed by atoms with van der Waals surface area (Å²) in [5.41, 5.74) is 6.07. The van der Waals surface area contributed by atoms with Gasteiger partial charge in [-0.2, -0.15) is 4.98 Å². The van der Waals surface area contributed by atoms with Gasteiger partial charge in [0.1, 0.15) is 11.1 Å². The molecule has 1 aromatic carbocycles. The number of anilines is 1. The van der Waals surface area contributed by atoms with Crippen LogP contribution in [-0.4, -0.2) is 35.4 Å². The fraction of sp³-hybridized carbons (Fsp3) is 0.526. The SMILES string of the molecule is NC(=O)C1(NC(=O)C2CCCN(c3nc4cc(Cl)ccc4o3)C2)CCCC1. The number of fused-ring (bicyclic) bond motifs is 1. The summed E-state index contributed by atoms with van der Waals surface area (Å²) in [5.74, 6) is -0.773. The Hall–Kier alpha value is -2.28. The zero-order valence-electron chi connectivity index (χ0n) is 15.0. The van der Waals surface area contributed by atoms with Crippen molar-refractivity contribution < 1.29 is 14.0 Å². The fourth-order valence-corrected chi connectivity index (χ4v) is 4.30. The van der Waals surface area contributed by atoms with E-state index in [1.807, 2.05) is 4.90 Å². The Balaban J connectivity index is 1.48. The Morgan fingerprint density at radius 2 is 2.07 bits per heavy atom. The number of carbonyl (C=O) groups excluding carboxylic acids is 2. The standard InChI is InChI=1S/C19H23ClN4O3/c20-13-5-6-15-14(10-13)22-18(27-15)24-9-3-4-12(11-24)16(25)23-19(17(21)26)7-1-2-8-19/h5-6,10,12H,1-4,7-9,11H2,(H2,21,26)(H,23,25). The van der Waals surface area contributed by atoms with Crippen LogP contribution in [0, 0.1) is 5.92 Å². The van der Waals surface area contributed by atoms with Gasteiger partial charge in [-0.25, -0.2) is 0 Å². The molecule has 7 nitrogen and oxygen atoms in total. The van der Waals surface area contributed by atoms with E-state index in [0.717, 1.165) is 32.2 Å². The number of carbonyl (C=O) groups is 2. The molecule has 2 aliphatic rings. The number of halogens is 1. The van der Waals surface area contributed by atoms with Crippen LogP contribution in [0.5, 0.6) is 0 Å². The van der Waals surface area contributed by atoms with Gasteiger partial charge in [0, 0.05) is 18.1 Å². The molecule has 2 heterocycles. The second-order valence-electron chi connectivity index (χ2n) is 7.54. The molecule has 2 fully saturated rings. The Labute approximate surface area is 162 Å². The number of aromatic nitrogens is 1. The number of amides is 2. The van der Waals surface area contributed by atoms with Gasteiger partial charge >= 0.3 is 0 Å². The Kier molecular flexibility index (Phi) is 4.72. The molecular formula is C19H23ClN4O3. The number of nitrogens with one attached hydrogen (secondary N) is 1. The number of piperidine rings is 1. The number of primary amides is 1. The lowest BCUT2D eigenvalue weighted by atomic mass is 9.92. The summed E-state index contributed by atoms with van der Waals surface area (Å²) in [6, 6.07) is 5.81. The van der Waals surface area contributed by atoms with Gasteiger partial charge in [0.25, 0.3) is 6.01 Å². The highest BCUT2D eigenvalue weighted by molar-refractivity contribution is 6.31. The number of rotatable bonds is 4. The topological polar surface area (TPSA) is 101 Å². The molecule has 1 aliphatic carbocycles. The highest BCUT2D eigenvalue weighted by Crippen LogP contribution is 2.31. The van der Waals surface area contributed by atoms with Crippen molar-refractivity contribution in [1.82, 2.24) is 10.3 Å². The lowest BCUT2D eigenvalue weighted by Gasteiger charge is -2.34. The molecular weight excluding hydrogens is 368 g/mol. The lowest BCUT2D eigenvalue weighted by Crippen LogP contribution is -2.58. The molecule has 1 aliphatic heterocycles. The molecule has 4 rings (SSSR count). The van der Waals surface area contributed by atoms with Crippen LogP contribution in [0.3, 0.4) is 0 Å². The largest absolute Gasteiger partial charge is 0.423 e. The molecule has 144 valence electrons. The molecule has 0 bridgehead atoms. The number of nitrogens with zero attached hydrogens (tertiary/aromatic N) is 2. The number of oxazole rings is 1. The summed E-state index contributed by atoms with van der Waals surface area (Å²) in [6.45, 7) is 1.27. The van der Waals surface area contributed by atoms with Gasteiger partial charge in [-0.3, -0.25) is 9.59 Å². The van der Waals surface area contributed by atoms with Crippen LogP contribution in [0.1, 0.15) is 38.5 Å². The maximum Gasteiger partial charge on any atom is 0.298 e. The second-order valence-corrected chi connectivity index (χ2v) is 7.97. The van der Waals surface area contributed by atoms with Gasteiger partial charge in [0.05, 0.1) is 5.92 Å². The van der Waals surface area contributed by atoms with Gasteiger partial charge in [-0.05, 0) is 43.9 Å². The zero-order chi connectivity index (χ0) is 19.0. The quantitative estimate of drug-likeness (QED) is 0.835. The first kappa shape index (κ1) is 18.1. The summed E-state index contributed by atoms with van der Waals surface area (Å²) in [6.07, 6.45) is 4.67. The molecule has 1 unspecified atom stereocenters. The molecule has 0 radical (unpaired) electrons. The van der Waals surface area contributed by atoms with E-state index >= 15 is 0 Å². The van der Waals surface area contributed by atoms with Crippen LogP contribution >= 0.6 is 11.6 Å². The fourth-order valence-electron chi connectivity index (χ4n) is 4.14. The van der Waals surface area contributed by atoms with Crippen LogP contribution in [0.4, 0.5) is 6.01 Å². The van der Waals surface area contributed by atoms with Crippen molar-refractivity contribution in [3.05, 3.63) is 23.2 Å². The van der Waals surface area contributed by atoms with Gasteiger partial charge in [0.2, 0.25) is 11.8 Å². The maximum atomic E-state index is 12.8. The monoisotopic (exact) mass is 390 g/mol. The molecule has 27 heavy (non-hydrogen) atoms. The van der Waals surface area contributed by atoms with Crippen molar-refractivity contribution >= 4 is 40.5 Å². The smallest absolute Gasteiger partial charge is 0.298 e. The molecule has 3 N–H and O–H groups in total. The van der Waals surface area contributed by atoms with Gasteiger partial charge in [-0.15, -0.1) is 0 Å². The minimum absolute atomic E-state index is 0.112. The van der Waals surface area contributed by atoms with Crippen molar-refractivity contribution in [2.24, 2.45) is 11.7 Å². The molecule has 1 aromatic heterocycles. The number of benzene rings is 1. The minimum Gasteiger partial charge on any atom is -0.423 e. The maximum absolute atomic E-state index is 12.8. The van der Waals surface area contributed by atoms with Crippen molar-refractivity contribution in [3.63, 3.8) is 0 Å². The summed E-state index contributed by atoms with van der Waals surface area (Å²) in [5, 5.41) is 3.56. The van der Waals surface area contributed by atoms with E-state index in [4.69, 9.17) is 21.8 Å². The third-order valence-electron chi connectivity index (χ3n) is 5.69. The van der Waals surface area contributed by atoms with Crippen molar-refractivity contribution in [1.29, 1.82) is 0 Å². The molecule has 1 saturated carbocycles. The molecule has 2 amide bonds.